The number of hydrogen-bond donors (Lipinski definition) is 0. The third-order valence-corrected chi connectivity index (χ3v) is 2.89. The minimum atomic E-state index is 0.373. The molecule has 0 unspecified atom stereocenters. The molecule has 0 N–H and O–H groups in total. The average molecular weight is 256 g/mol. The minimum absolute atomic E-state index is 0.373. The molecular weight excluding hydrogens is 238 g/mol. The smallest absolute Gasteiger partial charge is 0.233 e. The summed E-state index contributed by atoms with van der Waals surface area (Å²) in [7, 11) is 0. The number of likely N-dealkylation sites (tertiary alicyclic amines) is 1. The zero-order valence-corrected chi connectivity index (χ0v) is 11.0. The monoisotopic (exact) mass is 255 g/mol. The first-order valence-corrected chi connectivity index (χ1v) is 6.34. The lowest BCUT2D eigenvalue weighted by molar-refractivity contribution is 0.0514. The van der Waals surface area contributed by atoms with Gasteiger partial charge in [0, 0.05) is 25.6 Å². The minimum Gasteiger partial charge on any atom is -0.476 e. The lowest BCUT2D eigenvalue weighted by Crippen LogP contribution is -2.50. The van der Waals surface area contributed by atoms with Gasteiger partial charge < -0.3 is 9.64 Å². The van der Waals surface area contributed by atoms with Crippen molar-refractivity contribution in [3.8, 4) is 5.88 Å². The number of hydrogen-bond acceptors (Lipinski definition) is 4. The van der Waals surface area contributed by atoms with Crippen molar-refractivity contribution >= 4 is 11.6 Å². The summed E-state index contributed by atoms with van der Waals surface area (Å²) in [5.74, 6) is 1.85. The molecule has 94 valence electrons. The van der Waals surface area contributed by atoms with Crippen LogP contribution in [0.25, 0.3) is 0 Å². The van der Waals surface area contributed by atoms with Gasteiger partial charge in [-0.2, -0.15) is 4.98 Å². The van der Waals surface area contributed by atoms with Gasteiger partial charge in [0.2, 0.25) is 5.88 Å². The summed E-state index contributed by atoms with van der Waals surface area (Å²) < 4.78 is 5.56. The van der Waals surface area contributed by atoms with Crippen LogP contribution in [0.2, 0.25) is 5.15 Å². The van der Waals surface area contributed by atoms with E-state index < -0.39 is 0 Å². The Morgan fingerprint density at radius 2 is 2.24 bits per heavy atom. The van der Waals surface area contributed by atoms with Gasteiger partial charge in [-0.25, -0.2) is 0 Å². The van der Waals surface area contributed by atoms with Crippen molar-refractivity contribution in [2.75, 3.05) is 26.2 Å². The standard InChI is InChI=1S/C12H18ClN3O/c1-9(2)5-16-6-10(7-16)8-17-12-4-14-3-11(13)15-12/h3-4,9-10H,5-8H2,1-2H3. The van der Waals surface area contributed by atoms with Crippen LogP contribution in [-0.2, 0) is 0 Å². The van der Waals surface area contributed by atoms with E-state index in [2.05, 4.69) is 28.7 Å². The molecule has 0 aromatic carbocycles. The third-order valence-electron chi connectivity index (χ3n) is 2.71. The average Bonchev–Trinajstić information content (AvgIpc) is 2.21. The highest BCUT2D eigenvalue weighted by Crippen LogP contribution is 2.18. The summed E-state index contributed by atoms with van der Waals surface area (Å²) in [4.78, 5) is 10.4. The Hall–Kier alpha value is -0.870. The Kier molecular flexibility index (Phi) is 4.18. The SMILES string of the molecule is CC(C)CN1CC(COc2cncc(Cl)n2)C1. The largest absolute Gasteiger partial charge is 0.476 e. The summed E-state index contributed by atoms with van der Waals surface area (Å²) in [6.07, 6.45) is 3.10. The summed E-state index contributed by atoms with van der Waals surface area (Å²) in [6, 6.07) is 0. The van der Waals surface area contributed by atoms with E-state index in [0.29, 0.717) is 23.6 Å². The van der Waals surface area contributed by atoms with E-state index in [9.17, 15) is 0 Å². The van der Waals surface area contributed by atoms with Crippen LogP contribution in [0.1, 0.15) is 13.8 Å². The molecule has 0 amide bonds. The van der Waals surface area contributed by atoms with E-state index in [1.54, 1.807) is 6.20 Å². The first-order chi connectivity index (χ1) is 8.13. The van der Waals surface area contributed by atoms with Crippen LogP contribution in [0.5, 0.6) is 5.88 Å². The molecule has 0 aliphatic carbocycles. The Morgan fingerprint density at radius 1 is 1.47 bits per heavy atom. The van der Waals surface area contributed by atoms with E-state index in [-0.39, 0.29) is 0 Å². The Balaban J connectivity index is 1.68. The van der Waals surface area contributed by atoms with Crippen LogP contribution >= 0.6 is 11.6 Å². The molecule has 0 atom stereocenters. The molecular formula is C12H18ClN3O. The molecule has 1 fully saturated rings. The van der Waals surface area contributed by atoms with E-state index in [1.807, 2.05) is 0 Å². The molecule has 2 rings (SSSR count). The van der Waals surface area contributed by atoms with Gasteiger partial charge in [-0.05, 0) is 5.92 Å². The van der Waals surface area contributed by atoms with Crippen LogP contribution in [0.3, 0.4) is 0 Å². The predicted octanol–water partition coefficient (Wildman–Crippen LogP) is 2.10. The maximum Gasteiger partial charge on any atom is 0.233 e. The lowest BCUT2D eigenvalue weighted by Gasteiger charge is -2.39. The molecule has 2 heterocycles. The lowest BCUT2D eigenvalue weighted by atomic mass is 10.00. The van der Waals surface area contributed by atoms with Crippen molar-refractivity contribution in [3.63, 3.8) is 0 Å². The second-order valence-corrected chi connectivity index (χ2v) is 5.36. The molecule has 17 heavy (non-hydrogen) atoms. The zero-order valence-electron chi connectivity index (χ0n) is 10.3. The highest BCUT2D eigenvalue weighted by atomic mass is 35.5. The number of halogens is 1. The highest BCUT2D eigenvalue weighted by molar-refractivity contribution is 6.29. The van der Waals surface area contributed by atoms with Crippen LogP contribution in [0.15, 0.2) is 12.4 Å². The van der Waals surface area contributed by atoms with Crippen LogP contribution in [0.4, 0.5) is 0 Å². The Morgan fingerprint density at radius 3 is 2.88 bits per heavy atom. The molecule has 0 bridgehead atoms. The van der Waals surface area contributed by atoms with Gasteiger partial charge in [0.05, 0.1) is 19.0 Å². The summed E-state index contributed by atoms with van der Waals surface area (Å²) in [5, 5.41) is 0.373. The van der Waals surface area contributed by atoms with Gasteiger partial charge in [-0.1, -0.05) is 25.4 Å². The van der Waals surface area contributed by atoms with E-state index in [0.717, 1.165) is 19.0 Å². The van der Waals surface area contributed by atoms with Crippen molar-refractivity contribution in [2.24, 2.45) is 11.8 Å². The first kappa shape index (κ1) is 12.6. The number of aromatic nitrogens is 2. The normalized spacial score (nSPS) is 17.2. The molecule has 1 aliphatic heterocycles. The van der Waals surface area contributed by atoms with E-state index in [1.165, 1.54) is 12.7 Å². The quantitative estimate of drug-likeness (QED) is 0.808. The number of ether oxygens (including phenoxy) is 1. The van der Waals surface area contributed by atoms with Crippen molar-refractivity contribution in [1.29, 1.82) is 0 Å². The molecule has 0 radical (unpaired) electrons. The fourth-order valence-corrected chi connectivity index (χ4v) is 2.19. The molecule has 0 spiro atoms. The van der Waals surface area contributed by atoms with Crippen LogP contribution < -0.4 is 4.74 Å². The molecule has 1 aromatic heterocycles. The maximum absolute atomic E-state index is 5.73. The van der Waals surface area contributed by atoms with E-state index in [4.69, 9.17) is 16.3 Å². The van der Waals surface area contributed by atoms with Crippen molar-refractivity contribution in [2.45, 2.75) is 13.8 Å². The van der Waals surface area contributed by atoms with Crippen LogP contribution in [0, 0.1) is 11.8 Å². The second-order valence-electron chi connectivity index (χ2n) is 4.97. The third kappa shape index (κ3) is 3.82. The molecule has 4 nitrogen and oxygen atoms in total. The fraction of sp³-hybridized carbons (Fsp3) is 0.667. The Labute approximate surface area is 107 Å². The van der Waals surface area contributed by atoms with Crippen molar-refractivity contribution in [3.05, 3.63) is 17.5 Å². The summed E-state index contributed by atoms with van der Waals surface area (Å²) >= 11 is 5.73. The molecule has 1 aliphatic rings. The summed E-state index contributed by atoms with van der Waals surface area (Å²) in [5.41, 5.74) is 0. The fourth-order valence-electron chi connectivity index (χ4n) is 2.05. The van der Waals surface area contributed by atoms with Crippen molar-refractivity contribution < 1.29 is 4.74 Å². The number of rotatable bonds is 5. The van der Waals surface area contributed by atoms with Crippen molar-refractivity contribution in [1.82, 2.24) is 14.9 Å². The molecule has 1 aromatic rings. The van der Waals surface area contributed by atoms with Gasteiger partial charge in [-0.3, -0.25) is 4.98 Å². The van der Waals surface area contributed by atoms with Crippen LogP contribution in [-0.4, -0.2) is 41.1 Å². The second kappa shape index (κ2) is 5.65. The first-order valence-electron chi connectivity index (χ1n) is 5.96. The van der Waals surface area contributed by atoms with Gasteiger partial charge in [0.15, 0.2) is 5.15 Å². The van der Waals surface area contributed by atoms with Gasteiger partial charge >= 0.3 is 0 Å². The molecule has 0 saturated carbocycles. The maximum atomic E-state index is 5.73. The van der Waals surface area contributed by atoms with Gasteiger partial charge in [0.25, 0.3) is 0 Å². The summed E-state index contributed by atoms with van der Waals surface area (Å²) in [6.45, 7) is 8.59. The van der Waals surface area contributed by atoms with Gasteiger partial charge in [-0.15, -0.1) is 0 Å². The highest BCUT2D eigenvalue weighted by Gasteiger charge is 2.27. The van der Waals surface area contributed by atoms with Gasteiger partial charge in [0.1, 0.15) is 0 Å². The molecule has 1 saturated heterocycles. The predicted molar refractivity (Wildman–Crippen MR) is 67.3 cm³/mol. The zero-order chi connectivity index (χ0) is 12.3. The Bertz CT molecular complexity index is 367. The van der Waals surface area contributed by atoms with E-state index >= 15 is 0 Å². The molecule has 5 heteroatoms. The number of nitrogens with zero attached hydrogens (tertiary/aromatic N) is 3. The topological polar surface area (TPSA) is 38.2 Å².